The van der Waals surface area contributed by atoms with E-state index < -0.39 is 0 Å². The number of hydrogen-bond donors (Lipinski definition) is 2. The van der Waals surface area contributed by atoms with Gasteiger partial charge in [-0.2, -0.15) is 0 Å². The number of guanidine groups is 1. The van der Waals surface area contributed by atoms with Crippen molar-refractivity contribution in [1.29, 1.82) is 0 Å². The summed E-state index contributed by atoms with van der Waals surface area (Å²) >= 11 is 0. The van der Waals surface area contributed by atoms with Crippen LogP contribution >= 0.6 is 0 Å². The van der Waals surface area contributed by atoms with Gasteiger partial charge in [0.25, 0.3) is 0 Å². The molecule has 0 bridgehead atoms. The van der Waals surface area contributed by atoms with Gasteiger partial charge in [-0.25, -0.2) is 0 Å². The third-order valence-electron chi connectivity index (χ3n) is 5.72. The molecular weight excluding hydrogens is 368 g/mol. The second kappa shape index (κ2) is 11.1. The van der Waals surface area contributed by atoms with Crippen LogP contribution in [0, 0.1) is 0 Å². The largest absolute Gasteiger partial charge is 0.497 e. The van der Waals surface area contributed by atoms with Crippen LogP contribution in [0.4, 0.5) is 5.69 Å². The summed E-state index contributed by atoms with van der Waals surface area (Å²) < 4.78 is 16.7. The average molecular weight is 405 g/mol. The Morgan fingerprint density at radius 1 is 1.10 bits per heavy atom. The first-order valence-electron chi connectivity index (χ1n) is 10.8. The van der Waals surface area contributed by atoms with E-state index in [-0.39, 0.29) is 0 Å². The number of nitrogens with one attached hydrogen (secondary N) is 2. The van der Waals surface area contributed by atoms with Crippen molar-refractivity contribution >= 4 is 11.6 Å². The van der Waals surface area contributed by atoms with Crippen molar-refractivity contribution in [3.63, 3.8) is 0 Å². The average Bonchev–Trinajstić information content (AvgIpc) is 3.44. The lowest BCUT2D eigenvalue weighted by Crippen LogP contribution is -2.45. The molecule has 0 spiro atoms. The van der Waals surface area contributed by atoms with Crippen molar-refractivity contribution in [3.05, 3.63) is 18.2 Å². The Balaban J connectivity index is 1.41. The van der Waals surface area contributed by atoms with E-state index in [9.17, 15) is 0 Å². The summed E-state index contributed by atoms with van der Waals surface area (Å²) in [6, 6.07) is 6.37. The fraction of sp³-hybridized carbons (Fsp3) is 0.682. The van der Waals surface area contributed by atoms with Crippen LogP contribution in [-0.4, -0.2) is 65.6 Å². The maximum atomic E-state index is 5.93. The van der Waals surface area contributed by atoms with Gasteiger partial charge in [0, 0.05) is 63.2 Å². The van der Waals surface area contributed by atoms with Gasteiger partial charge in [-0.05, 0) is 25.7 Å². The van der Waals surface area contributed by atoms with Crippen LogP contribution in [0.3, 0.4) is 0 Å². The van der Waals surface area contributed by atoms with Gasteiger partial charge in [-0.1, -0.05) is 12.8 Å². The SMILES string of the molecule is CN=C(NCCCOC1CCCC1)NC1CCN(c2cc(OC)cc(OC)c2)C1. The third kappa shape index (κ3) is 6.42. The molecule has 1 aliphatic heterocycles. The highest BCUT2D eigenvalue weighted by Gasteiger charge is 2.24. The Labute approximate surface area is 174 Å². The molecule has 0 aromatic heterocycles. The summed E-state index contributed by atoms with van der Waals surface area (Å²) in [7, 11) is 5.19. The molecule has 0 amide bonds. The normalized spacial score (nSPS) is 20.2. The molecule has 29 heavy (non-hydrogen) atoms. The van der Waals surface area contributed by atoms with E-state index in [0.717, 1.165) is 62.2 Å². The number of methoxy groups -OCH3 is 2. The molecule has 3 rings (SSSR count). The van der Waals surface area contributed by atoms with E-state index in [0.29, 0.717) is 12.1 Å². The van der Waals surface area contributed by atoms with Crippen molar-refractivity contribution in [2.75, 3.05) is 52.4 Å². The summed E-state index contributed by atoms with van der Waals surface area (Å²) in [5.41, 5.74) is 1.12. The summed E-state index contributed by atoms with van der Waals surface area (Å²) in [4.78, 5) is 6.73. The number of ether oxygens (including phenoxy) is 3. The number of hydrogen-bond acceptors (Lipinski definition) is 5. The minimum Gasteiger partial charge on any atom is -0.497 e. The molecule has 7 heteroatoms. The topological polar surface area (TPSA) is 67.4 Å². The molecule has 2 aliphatic rings. The summed E-state index contributed by atoms with van der Waals surface area (Å²) in [5.74, 6) is 2.49. The highest BCUT2D eigenvalue weighted by molar-refractivity contribution is 5.80. The Morgan fingerprint density at radius 2 is 1.83 bits per heavy atom. The van der Waals surface area contributed by atoms with Crippen LogP contribution in [0.5, 0.6) is 11.5 Å². The lowest BCUT2D eigenvalue weighted by Gasteiger charge is -2.21. The Kier molecular flexibility index (Phi) is 8.28. The minimum absolute atomic E-state index is 0.355. The molecule has 1 saturated heterocycles. The maximum Gasteiger partial charge on any atom is 0.191 e. The molecule has 1 saturated carbocycles. The highest BCUT2D eigenvalue weighted by Crippen LogP contribution is 2.30. The Bertz CT molecular complexity index is 639. The zero-order chi connectivity index (χ0) is 20.5. The first-order valence-corrected chi connectivity index (χ1v) is 10.8. The van der Waals surface area contributed by atoms with Crippen LogP contribution in [0.25, 0.3) is 0 Å². The van der Waals surface area contributed by atoms with Crippen molar-refractivity contribution in [1.82, 2.24) is 10.6 Å². The third-order valence-corrected chi connectivity index (χ3v) is 5.72. The molecule has 162 valence electrons. The standard InChI is InChI=1S/C22H36N4O3/c1-23-22(24-10-6-12-29-19-7-4-5-8-19)25-17-9-11-26(16-17)18-13-20(27-2)15-21(14-18)28-3/h13-15,17,19H,4-12,16H2,1-3H3,(H2,23,24,25). The van der Waals surface area contributed by atoms with Crippen LogP contribution in [-0.2, 0) is 4.74 Å². The van der Waals surface area contributed by atoms with E-state index in [1.807, 2.05) is 13.1 Å². The lowest BCUT2D eigenvalue weighted by molar-refractivity contribution is 0.0574. The van der Waals surface area contributed by atoms with Crippen LogP contribution in [0.2, 0.25) is 0 Å². The van der Waals surface area contributed by atoms with Gasteiger partial charge in [0.05, 0.1) is 20.3 Å². The fourth-order valence-electron chi connectivity index (χ4n) is 4.06. The number of benzene rings is 1. The van der Waals surface area contributed by atoms with E-state index in [2.05, 4.69) is 32.7 Å². The molecule has 1 aromatic rings. The molecule has 1 heterocycles. The number of nitrogens with zero attached hydrogens (tertiary/aromatic N) is 2. The monoisotopic (exact) mass is 404 g/mol. The van der Waals surface area contributed by atoms with Gasteiger partial charge >= 0.3 is 0 Å². The zero-order valence-corrected chi connectivity index (χ0v) is 18.1. The quantitative estimate of drug-likeness (QED) is 0.375. The number of aliphatic imine (C=N–C) groups is 1. The maximum absolute atomic E-state index is 5.93. The molecule has 1 unspecified atom stereocenters. The first kappa shape index (κ1) is 21.6. The van der Waals surface area contributed by atoms with E-state index >= 15 is 0 Å². The lowest BCUT2D eigenvalue weighted by atomic mass is 10.2. The summed E-state index contributed by atoms with van der Waals surface area (Å²) in [5, 5.41) is 6.96. The predicted octanol–water partition coefficient (Wildman–Crippen LogP) is 2.80. The van der Waals surface area contributed by atoms with Crippen LogP contribution in [0.1, 0.15) is 38.5 Å². The highest BCUT2D eigenvalue weighted by atomic mass is 16.5. The first-order chi connectivity index (χ1) is 14.2. The molecule has 0 radical (unpaired) electrons. The van der Waals surface area contributed by atoms with E-state index in [4.69, 9.17) is 14.2 Å². The van der Waals surface area contributed by atoms with Gasteiger partial charge < -0.3 is 29.7 Å². The molecule has 7 nitrogen and oxygen atoms in total. The fourth-order valence-corrected chi connectivity index (χ4v) is 4.06. The second-order valence-electron chi connectivity index (χ2n) is 7.78. The van der Waals surface area contributed by atoms with Gasteiger partial charge in [-0.15, -0.1) is 0 Å². The number of rotatable bonds is 9. The van der Waals surface area contributed by atoms with E-state index in [1.165, 1.54) is 25.7 Å². The molecule has 2 fully saturated rings. The molecule has 1 aliphatic carbocycles. The van der Waals surface area contributed by atoms with Gasteiger partial charge in [0.15, 0.2) is 5.96 Å². The van der Waals surface area contributed by atoms with Crippen LogP contribution in [0.15, 0.2) is 23.2 Å². The van der Waals surface area contributed by atoms with Gasteiger partial charge in [-0.3, -0.25) is 4.99 Å². The molecule has 2 N–H and O–H groups in total. The van der Waals surface area contributed by atoms with Gasteiger partial charge in [0.1, 0.15) is 11.5 Å². The Morgan fingerprint density at radius 3 is 2.48 bits per heavy atom. The number of anilines is 1. The molecular formula is C22H36N4O3. The second-order valence-corrected chi connectivity index (χ2v) is 7.78. The summed E-state index contributed by atoms with van der Waals surface area (Å²) in [6.07, 6.45) is 7.65. The van der Waals surface area contributed by atoms with Crippen molar-refractivity contribution < 1.29 is 14.2 Å². The van der Waals surface area contributed by atoms with E-state index in [1.54, 1.807) is 14.2 Å². The summed E-state index contributed by atoms with van der Waals surface area (Å²) in [6.45, 7) is 3.60. The minimum atomic E-state index is 0.355. The molecule has 1 atom stereocenters. The Hall–Kier alpha value is -2.15. The molecule has 1 aromatic carbocycles. The van der Waals surface area contributed by atoms with Crippen molar-refractivity contribution in [3.8, 4) is 11.5 Å². The van der Waals surface area contributed by atoms with Crippen LogP contribution < -0.4 is 25.0 Å². The predicted molar refractivity (Wildman–Crippen MR) is 117 cm³/mol. The van der Waals surface area contributed by atoms with Crippen molar-refractivity contribution in [2.45, 2.75) is 50.7 Å². The van der Waals surface area contributed by atoms with Gasteiger partial charge in [0.2, 0.25) is 0 Å². The zero-order valence-electron chi connectivity index (χ0n) is 18.1. The van der Waals surface area contributed by atoms with Crippen molar-refractivity contribution in [2.24, 2.45) is 4.99 Å². The smallest absolute Gasteiger partial charge is 0.191 e.